The Hall–Kier alpha value is -10.3. The number of methoxy groups -OCH3 is 4. The first-order valence-corrected chi connectivity index (χ1v) is 22.6. The van der Waals surface area contributed by atoms with Gasteiger partial charge < -0.3 is 18.9 Å². The zero-order valence-electron chi connectivity index (χ0n) is 40.1. The number of hydrogen-bond donors (Lipinski definition) is 0. The Morgan fingerprint density at radius 3 is 0.847 bits per heavy atom. The molecule has 0 aliphatic heterocycles. The first kappa shape index (κ1) is 46.8. The van der Waals surface area contributed by atoms with Crippen LogP contribution in [0.3, 0.4) is 0 Å². The second-order valence-corrected chi connectivity index (χ2v) is 17.0. The van der Waals surface area contributed by atoms with E-state index in [1.807, 2.05) is 48.5 Å². The Labute approximate surface area is 422 Å². The lowest BCUT2D eigenvalue weighted by Gasteiger charge is -2.19. The van der Waals surface area contributed by atoms with Gasteiger partial charge >= 0.3 is 0 Å². The summed E-state index contributed by atoms with van der Waals surface area (Å²) in [6.07, 6.45) is 71.6. The molecule has 0 saturated heterocycles. The third kappa shape index (κ3) is 7.87. The van der Waals surface area contributed by atoms with E-state index in [-0.39, 0.29) is 0 Å². The molecule has 4 heteroatoms. The standard InChI is InChI=1S/C68H42O4/c1-13-41-29-57(30-42(14-2)65(41)69-9)61-49-21-23-51(37-49)62(58-31-43(15-3)66(70-10)44(16-4)32-58)53-25-27-55(39-53)64(60-35-47(19-7)68(72-12)48(20-8)36-60)56-28-26-54(40-56)63(52-24-22-50(61)38-52)59-33-45(17-5)67(71-11)46(18-6)34-59/h1-8,21-37,40H,38-39H2,9-12H3. The SMILES string of the molecule is C#Cc1cc(C2=C3C=CC(=C3)C(c3cc(C#C)c(OC)c(C#C)c3)=C3C=CC(=C(c4cc(C#C)c(OC)c(C#C)c4)C4=CC(=C(c5cc(C#C)c(OC)c(C#C)c5)C5=CC=C2C5)C=C4)C3)cc(C#C)c1OC. The normalized spacial score (nSPS) is 14.9. The first-order valence-electron chi connectivity index (χ1n) is 22.6. The summed E-state index contributed by atoms with van der Waals surface area (Å²) in [6.45, 7) is 0. The van der Waals surface area contributed by atoms with Gasteiger partial charge in [0.15, 0.2) is 0 Å². The van der Waals surface area contributed by atoms with Gasteiger partial charge in [0, 0.05) is 0 Å². The number of allylic oxidation sites excluding steroid dienone is 22. The maximum Gasteiger partial charge on any atom is 0.150 e. The van der Waals surface area contributed by atoms with Gasteiger partial charge in [0.05, 0.1) is 72.9 Å². The van der Waals surface area contributed by atoms with E-state index in [9.17, 15) is 0 Å². The van der Waals surface area contributed by atoms with Crippen LogP contribution in [0.5, 0.6) is 23.0 Å². The van der Waals surface area contributed by atoms with Crippen LogP contribution < -0.4 is 18.9 Å². The Bertz CT molecular complexity index is 3500. The molecule has 0 radical (unpaired) electrons. The summed E-state index contributed by atoms with van der Waals surface area (Å²) in [5.41, 5.74) is 18.8. The molecule has 9 rings (SSSR count). The maximum atomic E-state index is 6.16. The second-order valence-electron chi connectivity index (χ2n) is 17.0. The molecule has 5 aliphatic carbocycles. The number of fused-ring (bicyclic) bond motifs is 6. The Morgan fingerprint density at radius 2 is 0.597 bits per heavy atom. The third-order valence-corrected chi connectivity index (χ3v) is 13.3. The second kappa shape index (κ2) is 19.4. The quantitative estimate of drug-likeness (QED) is 0.165. The van der Waals surface area contributed by atoms with Gasteiger partial charge in [-0.25, -0.2) is 0 Å². The Kier molecular flexibility index (Phi) is 12.6. The lowest BCUT2D eigenvalue weighted by Crippen LogP contribution is -2.01. The summed E-state index contributed by atoms with van der Waals surface area (Å²) < 4.78 is 23.0. The highest BCUT2D eigenvalue weighted by molar-refractivity contribution is 5.99. The summed E-state index contributed by atoms with van der Waals surface area (Å²) in [5.74, 6) is 24.3. The maximum absolute atomic E-state index is 6.16. The van der Waals surface area contributed by atoms with E-state index in [1.54, 1.807) is 28.4 Å². The van der Waals surface area contributed by atoms with Crippen LogP contribution in [-0.4, -0.2) is 28.4 Å². The minimum atomic E-state index is 0.452. The minimum absolute atomic E-state index is 0.452. The average Bonchev–Trinajstić information content (AvgIpc) is 4.28. The Morgan fingerprint density at radius 1 is 0.333 bits per heavy atom. The summed E-state index contributed by atoms with van der Waals surface area (Å²) >= 11 is 0. The molecule has 0 amide bonds. The van der Waals surface area contributed by atoms with Crippen LogP contribution in [-0.2, 0) is 0 Å². The van der Waals surface area contributed by atoms with E-state index in [4.69, 9.17) is 70.3 Å². The van der Waals surface area contributed by atoms with Gasteiger partial charge in [0.2, 0.25) is 0 Å². The highest BCUT2D eigenvalue weighted by atomic mass is 16.5. The Balaban J connectivity index is 1.42. The van der Waals surface area contributed by atoms with Crippen molar-refractivity contribution >= 4 is 22.3 Å². The van der Waals surface area contributed by atoms with Gasteiger partial charge in [0.25, 0.3) is 0 Å². The number of hydrogen-bond acceptors (Lipinski definition) is 4. The van der Waals surface area contributed by atoms with E-state index >= 15 is 0 Å². The lowest BCUT2D eigenvalue weighted by molar-refractivity contribution is 0.412. The van der Waals surface area contributed by atoms with Crippen molar-refractivity contribution in [3.8, 4) is 122 Å². The number of ether oxygens (including phenoxy) is 4. The average molecular weight is 923 g/mol. The van der Waals surface area contributed by atoms with Crippen LogP contribution in [0.15, 0.2) is 154 Å². The molecule has 5 aliphatic rings. The van der Waals surface area contributed by atoms with Crippen molar-refractivity contribution in [2.45, 2.75) is 12.8 Å². The zero-order valence-corrected chi connectivity index (χ0v) is 40.1. The van der Waals surface area contributed by atoms with Crippen LogP contribution in [0.25, 0.3) is 22.3 Å². The molecule has 0 saturated carbocycles. The van der Waals surface area contributed by atoms with E-state index in [0.29, 0.717) is 80.3 Å². The zero-order chi connectivity index (χ0) is 50.8. The fraction of sp³-hybridized carbons (Fsp3) is 0.0882. The molecule has 338 valence electrons. The molecule has 4 aromatic rings. The number of terminal acetylenes is 8. The minimum Gasteiger partial charge on any atom is -0.494 e. The van der Waals surface area contributed by atoms with Gasteiger partial charge in [0.1, 0.15) is 23.0 Å². The smallest absolute Gasteiger partial charge is 0.150 e. The van der Waals surface area contributed by atoms with E-state index in [0.717, 1.165) is 89.1 Å². The van der Waals surface area contributed by atoms with Crippen LogP contribution in [0, 0.1) is 98.8 Å². The van der Waals surface area contributed by atoms with Crippen molar-refractivity contribution in [1.29, 1.82) is 0 Å². The molecule has 4 nitrogen and oxygen atoms in total. The molecule has 0 fully saturated rings. The predicted molar refractivity (Wildman–Crippen MR) is 292 cm³/mol. The summed E-state index contributed by atoms with van der Waals surface area (Å²) in [6, 6.07) is 15.6. The van der Waals surface area contributed by atoms with Crippen LogP contribution >= 0.6 is 0 Å². The number of benzene rings is 4. The van der Waals surface area contributed by atoms with Crippen molar-refractivity contribution in [2.24, 2.45) is 0 Å². The summed E-state index contributed by atoms with van der Waals surface area (Å²) in [4.78, 5) is 0. The molecule has 0 heterocycles. The molecule has 8 bridgehead atoms. The van der Waals surface area contributed by atoms with Crippen molar-refractivity contribution < 1.29 is 18.9 Å². The molecule has 0 unspecified atom stereocenters. The van der Waals surface area contributed by atoms with Gasteiger partial charge in [-0.1, -0.05) is 96.0 Å². The predicted octanol–water partition coefficient (Wildman–Crippen LogP) is 11.9. The van der Waals surface area contributed by atoms with Gasteiger partial charge in [-0.15, -0.1) is 51.4 Å². The number of rotatable bonds is 8. The molecular formula is C68H42O4. The fourth-order valence-corrected chi connectivity index (χ4v) is 10.2. The van der Waals surface area contributed by atoms with E-state index in [1.165, 1.54) is 0 Å². The highest BCUT2D eigenvalue weighted by Gasteiger charge is 2.30. The fourth-order valence-electron chi connectivity index (χ4n) is 10.2. The van der Waals surface area contributed by atoms with Gasteiger partial charge in [-0.05, 0) is 163 Å². The van der Waals surface area contributed by atoms with Gasteiger partial charge in [-0.2, -0.15) is 0 Å². The molecular weight excluding hydrogens is 881 g/mol. The summed E-state index contributed by atoms with van der Waals surface area (Å²) in [5, 5.41) is 0. The molecule has 72 heavy (non-hydrogen) atoms. The van der Waals surface area contributed by atoms with Crippen molar-refractivity contribution in [3.63, 3.8) is 0 Å². The molecule has 0 atom stereocenters. The van der Waals surface area contributed by atoms with Crippen LogP contribution in [0.2, 0.25) is 0 Å². The third-order valence-electron chi connectivity index (χ3n) is 13.3. The van der Waals surface area contributed by atoms with Crippen molar-refractivity contribution in [3.05, 3.63) is 221 Å². The first-order chi connectivity index (χ1) is 35.1. The topological polar surface area (TPSA) is 36.9 Å². The lowest BCUT2D eigenvalue weighted by atomic mass is 9.85. The largest absolute Gasteiger partial charge is 0.494 e. The molecule has 0 N–H and O–H groups in total. The summed E-state index contributed by atoms with van der Waals surface area (Å²) in [7, 11) is 6.24. The van der Waals surface area contributed by atoms with Crippen molar-refractivity contribution in [1.82, 2.24) is 0 Å². The van der Waals surface area contributed by atoms with Crippen LogP contribution in [0.4, 0.5) is 0 Å². The van der Waals surface area contributed by atoms with E-state index in [2.05, 4.69) is 108 Å². The van der Waals surface area contributed by atoms with Crippen molar-refractivity contribution in [2.75, 3.05) is 28.4 Å². The molecule has 0 spiro atoms. The van der Waals surface area contributed by atoms with Gasteiger partial charge in [-0.3, -0.25) is 0 Å². The molecule has 0 aromatic heterocycles. The monoisotopic (exact) mass is 922 g/mol. The van der Waals surface area contributed by atoms with Crippen LogP contribution in [0.1, 0.15) is 79.6 Å². The van der Waals surface area contributed by atoms with E-state index < -0.39 is 0 Å². The molecule has 4 aromatic carbocycles. The highest BCUT2D eigenvalue weighted by Crippen LogP contribution is 2.49.